The van der Waals surface area contributed by atoms with E-state index in [1.54, 1.807) is 0 Å². The first-order valence-corrected chi connectivity index (χ1v) is 10.0. The summed E-state index contributed by atoms with van der Waals surface area (Å²) in [5.74, 6) is -0.371. The molecule has 19 heavy (non-hydrogen) atoms. The first-order valence-electron chi connectivity index (χ1n) is 6.64. The average molecular weight is 311 g/mol. The lowest BCUT2D eigenvalue weighted by atomic mass is 9.85. The molecule has 1 heterocycles. The second kappa shape index (κ2) is 5.31. The van der Waals surface area contributed by atoms with Crippen LogP contribution in [0.5, 0.6) is 0 Å². The molecule has 6 nitrogen and oxygen atoms in total. The molecule has 8 heteroatoms. The second-order valence-corrected chi connectivity index (χ2v) is 9.95. The minimum absolute atomic E-state index is 0.00805. The van der Waals surface area contributed by atoms with Crippen molar-refractivity contribution in [1.29, 1.82) is 0 Å². The minimum Gasteiger partial charge on any atom is -0.389 e. The van der Waals surface area contributed by atoms with Crippen LogP contribution in [-0.2, 0) is 19.9 Å². The Hall–Kier alpha value is -0.180. The summed E-state index contributed by atoms with van der Waals surface area (Å²) >= 11 is 0. The van der Waals surface area contributed by atoms with E-state index in [9.17, 15) is 21.9 Å². The number of hydrogen-bond acceptors (Lipinski definition) is 5. The lowest BCUT2D eigenvalue weighted by Crippen LogP contribution is -2.46. The van der Waals surface area contributed by atoms with E-state index in [1.807, 2.05) is 0 Å². The zero-order chi connectivity index (χ0) is 14.1. The van der Waals surface area contributed by atoms with Crippen LogP contribution < -0.4 is 4.72 Å². The van der Waals surface area contributed by atoms with Gasteiger partial charge in [0.1, 0.15) is 0 Å². The van der Waals surface area contributed by atoms with Gasteiger partial charge in [-0.3, -0.25) is 0 Å². The van der Waals surface area contributed by atoms with Crippen LogP contribution in [0.15, 0.2) is 0 Å². The van der Waals surface area contributed by atoms with Crippen LogP contribution in [0.25, 0.3) is 0 Å². The molecule has 1 saturated carbocycles. The number of rotatable bonds is 4. The van der Waals surface area contributed by atoms with E-state index >= 15 is 0 Å². The highest BCUT2D eigenvalue weighted by molar-refractivity contribution is 7.95. The Balaban J connectivity index is 1.95. The van der Waals surface area contributed by atoms with Crippen molar-refractivity contribution in [2.45, 2.75) is 49.4 Å². The molecule has 0 spiro atoms. The van der Waals surface area contributed by atoms with Gasteiger partial charge < -0.3 is 5.11 Å². The third-order valence-corrected chi connectivity index (χ3v) is 7.82. The Bertz CT molecular complexity index is 519. The normalized spacial score (nSPS) is 30.3. The summed E-state index contributed by atoms with van der Waals surface area (Å²) in [6.07, 6.45) is 4.20. The van der Waals surface area contributed by atoms with Crippen molar-refractivity contribution < 1.29 is 21.9 Å². The molecule has 0 aromatic rings. The Morgan fingerprint density at radius 1 is 1.21 bits per heavy atom. The van der Waals surface area contributed by atoms with E-state index in [4.69, 9.17) is 0 Å². The molecule has 0 amide bonds. The third-order valence-electron chi connectivity index (χ3n) is 4.02. The summed E-state index contributed by atoms with van der Waals surface area (Å²) in [5.41, 5.74) is -0.969. The van der Waals surface area contributed by atoms with Crippen molar-refractivity contribution in [2.24, 2.45) is 0 Å². The predicted octanol–water partition coefficient (Wildman–Crippen LogP) is -0.212. The maximum atomic E-state index is 12.0. The Kier molecular flexibility index (Phi) is 4.25. The molecule has 1 saturated heterocycles. The fourth-order valence-electron chi connectivity index (χ4n) is 2.75. The summed E-state index contributed by atoms with van der Waals surface area (Å²) in [4.78, 5) is 0. The zero-order valence-electron chi connectivity index (χ0n) is 10.8. The molecule has 1 unspecified atom stereocenters. The van der Waals surface area contributed by atoms with Gasteiger partial charge in [0.2, 0.25) is 10.0 Å². The van der Waals surface area contributed by atoms with Gasteiger partial charge in [-0.05, 0) is 19.3 Å². The first kappa shape index (κ1) is 15.2. The molecule has 0 aromatic heterocycles. The second-order valence-electron chi connectivity index (χ2n) is 5.68. The van der Waals surface area contributed by atoms with Gasteiger partial charge in [-0.2, -0.15) is 0 Å². The number of sulfone groups is 1. The topological polar surface area (TPSA) is 101 Å². The summed E-state index contributed by atoms with van der Waals surface area (Å²) < 4.78 is 49.1. The lowest BCUT2D eigenvalue weighted by molar-refractivity contribution is 0.00942. The third kappa shape index (κ3) is 3.90. The van der Waals surface area contributed by atoms with Gasteiger partial charge in [0.15, 0.2) is 9.84 Å². The molecular weight excluding hydrogens is 290 g/mol. The summed E-state index contributed by atoms with van der Waals surface area (Å²) in [6.45, 7) is -0.00805. The summed E-state index contributed by atoms with van der Waals surface area (Å²) in [6, 6.07) is 0. The van der Waals surface area contributed by atoms with Gasteiger partial charge in [0, 0.05) is 6.54 Å². The molecule has 2 rings (SSSR count). The largest absolute Gasteiger partial charge is 0.389 e. The van der Waals surface area contributed by atoms with Gasteiger partial charge in [-0.25, -0.2) is 21.6 Å². The highest BCUT2D eigenvalue weighted by Gasteiger charge is 2.38. The van der Waals surface area contributed by atoms with Gasteiger partial charge in [-0.15, -0.1) is 0 Å². The van der Waals surface area contributed by atoms with E-state index in [0.717, 1.165) is 19.3 Å². The SMILES string of the molecule is O=S1(=O)CCC(S(=O)(=O)NCC2(O)CCCCC2)C1. The molecular formula is C11H21NO5S2. The van der Waals surface area contributed by atoms with Crippen LogP contribution in [0, 0.1) is 0 Å². The molecule has 112 valence electrons. The van der Waals surface area contributed by atoms with Crippen molar-refractivity contribution in [3.8, 4) is 0 Å². The lowest BCUT2D eigenvalue weighted by Gasteiger charge is -2.32. The number of nitrogens with one attached hydrogen (secondary N) is 1. The molecule has 0 bridgehead atoms. The van der Waals surface area contributed by atoms with Gasteiger partial charge in [-0.1, -0.05) is 19.3 Å². The molecule has 2 fully saturated rings. The van der Waals surface area contributed by atoms with E-state index in [2.05, 4.69) is 4.72 Å². The first-order chi connectivity index (χ1) is 8.73. The van der Waals surface area contributed by atoms with Crippen LogP contribution in [0.3, 0.4) is 0 Å². The van der Waals surface area contributed by atoms with Gasteiger partial charge in [0.25, 0.3) is 0 Å². The van der Waals surface area contributed by atoms with Crippen LogP contribution in [0.2, 0.25) is 0 Å². The highest BCUT2D eigenvalue weighted by Crippen LogP contribution is 2.28. The van der Waals surface area contributed by atoms with Crippen molar-refractivity contribution in [2.75, 3.05) is 18.1 Å². The van der Waals surface area contributed by atoms with Crippen LogP contribution in [-0.4, -0.2) is 50.8 Å². The van der Waals surface area contributed by atoms with Crippen molar-refractivity contribution in [3.63, 3.8) is 0 Å². The summed E-state index contributed by atoms with van der Waals surface area (Å²) in [5, 5.41) is 9.36. The fourth-order valence-corrected chi connectivity index (χ4v) is 6.91. The monoisotopic (exact) mass is 311 g/mol. The van der Waals surface area contributed by atoms with E-state index in [-0.39, 0.29) is 24.5 Å². The smallest absolute Gasteiger partial charge is 0.215 e. The number of sulfonamides is 1. The van der Waals surface area contributed by atoms with Crippen molar-refractivity contribution >= 4 is 19.9 Å². The fraction of sp³-hybridized carbons (Fsp3) is 1.00. The Morgan fingerprint density at radius 3 is 2.37 bits per heavy atom. The molecule has 1 atom stereocenters. The number of hydrogen-bond donors (Lipinski definition) is 2. The van der Waals surface area contributed by atoms with Crippen LogP contribution in [0.1, 0.15) is 38.5 Å². The maximum Gasteiger partial charge on any atom is 0.215 e. The molecule has 1 aliphatic heterocycles. The van der Waals surface area contributed by atoms with Gasteiger partial charge >= 0.3 is 0 Å². The number of aliphatic hydroxyl groups is 1. The summed E-state index contributed by atoms with van der Waals surface area (Å²) in [7, 11) is -6.88. The quantitative estimate of drug-likeness (QED) is 0.748. The molecule has 0 radical (unpaired) electrons. The van der Waals surface area contributed by atoms with E-state index in [0.29, 0.717) is 12.8 Å². The molecule has 2 N–H and O–H groups in total. The minimum atomic E-state index is -3.66. The van der Waals surface area contributed by atoms with Crippen LogP contribution >= 0.6 is 0 Å². The standard InChI is InChI=1S/C11H21NO5S2/c13-11(5-2-1-3-6-11)9-12-19(16,17)10-4-7-18(14,15)8-10/h10,12-13H,1-9H2. The Morgan fingerprint density at radius 2 is 1.84 bits per heavy atom. The van der Waals surface area contributed by atoms with E-state index in [1.165, 1.54) is 0 Å². The molecule has 1 aliphatic carbocycles. The van der Waals surface area contributed by atoms with Crippen molar-refractivity contribution in [3.05, 3.63) is 0 Å². The maximum absolute atomic E-state index is 12.0. The zero-order valence-corrected chi connectivity index (χ0v) is 12.5. The van der Waals surface area contributed by atoms with Crippen molar-refractivity contribution in [1.82, 2.24) is 4.72 Å². The predicted molar refractivity (Wildman–Crippen MR) is 72.0 cm³/mol. The molecule has 0 aromatic carbocycles. The average Bonchev–Trinajstić information content (AvgIpc) is 2.69. The van der Waals surface area contributed by atoms with Crippen LogP contribution in [0.4, 0.5) is 0 Å². The molecule has 2 aliphatic rings. The van der Waals surface area contributed by atoms with Gasteiger partial charge in [0.05, 0.1) is 22.4 Å². The Labute approximate surface area is 114 Å². The van der Waals surface area contributed by atoms with E-state index < -0.39 is 30.7 Å². The highest BCUT2D eigenvalue weighted by atomic mass is 32.2.